The van der Waals surface area contributed by atoms with E-state index in [9.17, 15) is 4.79 Å². The summed E-state index contributed by atoms with van der Waals surface area (Å²) in [5.74, 6) is 1.46. The van der Waals surface area contributed by atoms with Crippen molar-refractivity contribution in [1.82, 2.24) is 0 Å². The third kappa shape index (κ3) is 2.81. The summed E-state index contributed by atoms with van der Waals surface area (Å²) in [7, 11) is 0. The highest BCUT2D eigenvalue weighted by Gasteiger charge is 2.40. The number of carboxylic acids is 1. The molecular formula is C9H17NO2. The van der Waals surface area contributed by atoms with E-state index in [0.717, 1.165) is 0 Å². The largest absolute Gasteiger partial charge is 0.480 e. The van der Waals surface area contributed by atoms with Crippen LogP contribution in [0.1, 0.15) is 32.6 Å². The SMILES string of the molecule is C1CC2CC2C1.CC(N)C(=O)O. The summed E-state index contributed by atoms with van der Waals surface area (Å²) in [6.45, 7) is 1.42. The molecule has 0 amide bonds. The summed E-state index contributed by atoms with van der Waals surface area (Å²) >= 11 is 0. The van der Waals surface area contributed by atoms with Gasteiger partial charge in [0, 0.05) is 0 Å². The molecule has 0 aromatic heterocycles. The minimum Gasteiger partial charge on any atom is -0.480 e. The van der Waals surface area contributed by atoms with Crippen molar-refractivity contribution >= 4 is 5.97 Å². The second-order valence-electron chi connectivity index (χ2n) is 3.81. The second-order valence-corrected chi connectivity index (χ2v) is 3.81. The van der Waals surface area contributed by atoms with Crippen LogP contribution in [0.3, 0.4) is 0 Å². The molecular weight excluding hydrogens is 154 g/mol. The molecule has 0 heterocycles. The molecule has 70 valence electrons. The van der Waals surface area contributed by atoms with Crippen molar-refractivity contribution in [3.05, 3.63) is 0 Å². The van der Waals surface area contributed by atoms with Crippen molar-refractivity contribution < 1.29 is 9.90 Å². The third-order valence-electron chi connectivity index (χ3n) is 2.61. The van der Waals surface area contributed by atoms with Crippen LogP contribution in [0.25, 0.3) is 0 Å². The van der Waals surface area contributed by atoms with Gasteiger partial charge in [0.05, 0.1) is 0 Å². The lowest BCUT2D eigenvalue weighted by Gasteiger charge is -1.90. The zero-order valence-electron chi connectivity index (χ0n) is 7.49. The Hall–Kier alpha value is -0.570. The van der Waals surface area contributed by atoms with Gasteiger partial charge >= 0.3 is 5.97 Å². The van der Waals surface area contributed by atoms with Crippen LogP contribution >= 0.6 is 0 Å². The molecule has 0 saturated heterocycles. The van der Waals surface area contributed by atoms with Crippen molar-refractivity contribution in [2.75, 3.05) is 0 Å². The molecule has 3 unspecified atom stereocenters. The average molecular weight is 171 g/mol. The van der Waals surface area contributed by atoms with E-state index in [1.54, 1.807) is 19.3 Å². The number of fused-ring (bicyclic) bond motifs is 1. The average Bonchev–Trinajstić information content (AvgIpc) is 2.60. The quantitative estimate of drug-likeness (QED) is 0.623. The van der Waals surface area contributed by atoms with Gasteiger partial charge in [-0.05, 0) is 25.2 Å². The first-order valence-electron chi connectivity index (χ1n) is 4.59. The Morgan fingerprint density at radius 1 is 1.50 bits per heavy atom. The van der Waals surface area contributed by atoms with E-state index in [1.165, 1.54) is 25.2 Å². The lowest BCUT2D eigenvalue weighted by atomic mass is 10.3. The molecule has 0 aromatic rings. The van der Waals surface area contributed by atoms with Crippen LogP contribution in [-0.2, 0) is 4.79 Å². The number of nitrogens with two attached hydrogens (primary N) is 1. The maximum Gasteiger partial charge on any atom is 0.320 e. The number of aliphatic carboxylic acids is 1. The maximum absolute atomic E-state index is 9.57. The van der Waals surface area contributed by atoms with Crippen LogP contribution in [-0.4, -0.2) is 17.1 Å². The molecule has 3 N–H and O–H groups in total. The maximum atomic E-state index is 9.57. The Morgan fingerprint density at radius 3 is 2.00 bits per heavy atom. The molecule has 0 aromatic carbocycles. The number of rotatable bonds is 1. The van der Waals surface area contributed by atoms with E-state index in [0.29, 0.717) is 0 Å². The molecule has 0 radical (unpaired) electrons. The lowest BCUT2D eigenvalue weighted by Crippen LogP contribution is -2.25. The highest BCUT2D eigenvalue weighted by Crippen LogP contribution is 2.51. The minimum absolute atomic E-state index is 0.731. The van der Waals surface area contributed by atoms with E-state index in [1.807, 2.05) is 0 Å². The van der Waals surface area contributed by atoms with Crippen LogP contribution < -0.4 is 5.73 Å². The first-order chi connectivity index (χ1) is 5.61. The fraction of sp³-hybridized carbons (Fsp3) is 0.889. The topological polar surface area (TPSA) is 63.3 Å². The summed E-state index contributed by atoms with van der Waals surface area (Å²) in [4.78, 5) is 9.57. The van der Waals surface area contributed by atoms with Gasteiger partial charge in [0.15, 0.2) is 0 Å². The summed E-state index contributed by atoms with van der Waals surface area (Å²) in [6.07, 6.45) is 6.24. The van der Waals surface area contributed by atoms with E-state index in [2.05, 4.69) is 0 Å². The van der Waals surface area contributed by atoms with Crippen LogP contribution in [0, 0.1) is 11.8 Å². The summed E-state index contributed by atoms with van der Waals surface area (Å²) in [5, 5.41) is 7.87. The monoisotopic (exact) mass is 171 g/mol. The van der Waals surface area contributed by atoms with Crippen LogP contribution in [0.5, 0.6) is 0 Å². The molecule has 2 aliphatic carbocycles. The zero-order valence-corrected chi connectivity index (χ0v) is 7.49. The number of hydrogen-bond donors (Lipinski definition) is 2. The van der Waals surface area contributed by atoms with Gasteiger partial charge in [-0.25, -0.2) is 0 Å². The van der Waals surface area contributed by atoms with Crippen LogP contribution in [0.15, 0.2) is 0 Å². The highest BCUT2D eigenvalue weighted by atomic mass is 16.4. The van der Waals surface area contributed by atoms with Crippen molar-refractivity contribution in [2.24, 2.45) is 17.6 Å². The minimum atomic E-state index is -0.963. The van der Waals surface area contributed by atoms with Gasteiger partial charge in [-0.2, -0.15) is 0 Å². The lowest BCUT2D eigenvalue weighted by molar-refractivity contribution is -0.138. The molecule has 0 aliphatic heterocycles. The summed E-state index contributed by atoms with van der Waals surface area (Å²) in [5.41, 5.74) is 4.84. The third-order valence-corrected chi connectivity index (χ3v) is 2.61. The summed E-state index contributed by atoms with van der Waals surface area (Å²) in [6, 6.07) is -0.731. The Labute approximate surface area is 72.9 Å². The molecule has 2 fully saturated rings. The van der Waals surface area contributed by atoms with Crippen molar-refractivity contribution in [3.8, 4) is 0 Å². The molecule has 2 rings (SSSR count). The molecule has 2 aliphatic rings. The van der Waals surface area contributed by atoms with Crippen molar-refractivity contribution in [1.29, 1.82) is 0 Å². The number of carbonyl (C=O) groups is 1. The Bertz CT molecular complexity index is 160. The van der Waals surface area contributed by atoms with Gasteiger partial charge in [-0.1, -0.05) is 19.3 Å². The predicted octanol–water partition coefficient (Wildman–Crippen LogP) is 1.22. The smallest absolute Gasteiger partial charge is 0.320 e. The van der Waals surface area contributed by atoms with Crippen LogP contribution in [0.4, 0.5) is 0 Å². The van der Waals surface area contributed by atoms with Crippen molar-refractivity contribution in [2.45, 2.75) is 38.6 Å². The standard InChI is InChI=1S/C6H10.C3H7NO2/c1-2-5-4-6(5)3-1;1-2(4)3(5)6/h5-6H,1-4H2;2H,4H2,1H3,(H,5,6). The molecule has 3 atom stereocenters. The normalized spacial score (nSPS) is 32.8. The molecule has 3 nitrogen and oxygen atoms in total. The number of hydrogen-bond acceptors (Lipinski definition) is 2. The fourth-order valence-electron chi connectivity index (χ4n) is 1.66. The molecule has 0 spiro atoms. The van der Waals surface area contributed by atoms with E-state index >= 15 is 0 Å². The van der Waals surface area contributed by atoms with Crippen molar-refractivity contribution in [3.63, 3.8) is 0 Å². The van der Waals surface area contributed by atoms with Gasteiger partial charge < -0.3 is 10.8 Å². The second kappa shape index (κ2) is 3.90. The molecule has 2 saturated carbocycles. The van der Waals surface area contributed by atoms with Gasteiger partial charge in [0.2, 0.25) is 0 Å². The van der Waals surface area contributed by atoms with Gasteiger partial charge in [0.25, 0.3) is 0 Å². The van der Waals surface area contributed by atoms with Gasteiger partial charge in [0.1, 0.15) is 6.04 Å². The van der Waals surface area contributed by atoms with Crippen LogP contribution in [0.2, 0.25) is 0 Å². The van der Waals surface area contributed by atoms with E-state index < -0.39 is 12.0 Å². The molecule has 12 heavy (non-hydrogen) atoms. The predicted molar refractivity (Wildman–Crippen MR) is 46.7 cm³/mol. The zero-order chi connectivity index (χ0) is 9.14. The summed E-state index contributed by atoms with van der Waals surface area (Å²) < 4.78 is 0. The Kier molecular flexibility index (Phi) is 3.09. The van der Waals surface area contributed by atoms with Gasteiger partial charge in [-0.3, -0.25) is 4.79 Å². The Morgan fingerprint density at radius 2 is 1.92 bits per heavy atom. The first kappa shape index (κ1) is 9.52. The van der Waals surface area contributed by atoms with E-state index in [4.69, 9.17) is 10.8 Å². The first-order valence-corrected chi connectivity index (χ1v) is 4.59. The van der Waals surface area contributed by atoms with Gasteiger partial charge in [-0.15, -0.1) is 0 Å². The molecule has 0 bridgehead atoms. The Balaban J connectivity index is 0.000000120. The fourth-order valence-corrected chi connectivity index (χ4v) is 1.66. The molecule has 3 heteroatoms. The van der Waals surface area contributed by atoms with E-state index in [-0.39, 0.29) is 0 Å². The highest BCUT2D eigenvalue weighted by molar-refractivity contribution is 5.72. The number of carboxylic acid groups (broad SMARTS) is 1.